The Morgan fingerprint density at radius 1 is 1.09 bits per heavy atom. The Hall–Kier alpha value is -2.06. The third-order valence-corrected chi connectivity index (χ3v) is 9.97. The molecule has 5 atom stereocenters. The van der Waals surface area contributed by atoms with E-state index in [0.717, 1.165) is 50.6 Å². The van der Waals surface area contributed by atoms with Crippen molar-refractivity contribution in [2.75, 3.05) is 25.0 Å². The number of nitrogens with one attached hydrogen (secondary N) is 2. The molecule has 3 fully saturated rings. The first-order valence-corrected chi connectivity index (χ1v) is 13.9. The first kappa shape index (κ1) is 26.0. The number of anilines is 1. The molecule has 0 aromatic heterocycles. The van der Waals surface area contributed by atoms with Crippen LogP contribution in [0.3, 0.4) is 0 Å². The number of carbonyl (C=O) groups is 3. The number of unbranched alkanes of at least 4 members (excludes halogenated alkanes) is 4. The number of benzene rings is 1. The summed E-state index contributed by atoms with van der Waals surface area (Å²) in [7, 11) is 0. The van der Waals surface area contributed by atoms with Gasteiger partial charge in [0.2, 0.25) is 17.7 Å². The standard InChI is InChI=1S/C27H39N3O4S/c1-3-4-9-16-28-24(33)22-27-15-14-26(2,35-27)20(23(32)29-19-12-7-5-8-13-19)21(27)25(34)30(22)17-10-6-11-18-31/h5,7-8,12-13,20-22,31H,3-4,6,9-11,14-18H2,1-2H3,(H,28,33)(H,29,32)/t20-,21+,22?,26+,27?/m1/s1. The number of hydrogen-bond acceptors (Lipinski definition) is 5. The topological polar surface area (TPSA) is 98.7 Å². The first-order chi connectivity index (χ1) is 16.9. The molecule has 7 nitrogen and oxygen atoms in total. The maximum absolute atomic E-state index is 13.9. The van der Waals surface area contributed by atoms with Crippen LogP contribution in [0.1, 0.15) is 65.2 Å². The van der Waals surface area contributed by atoms with E-state index in [0.29, 0.717) is 19.5 Å². The van der Waals surface area contributed by atoms with Crippen molar-refractivity contribution < 1.29 is 19.5 Å². The van der Waals surface area contributed by atoms with Crippen molar-refractivity contribution in [3.05, 3.63) is 30.3 Å². The molecular weight excluding hydrogens is 462 g/mol. The summed E-state index contributed by atoms with van der Waals surface area (Å²) in [4.78, 5) is 42.9. The van der Waals surface area contributed by atoms with Gasteiger partial charge in [-0.05, 0) is 57.6 Å². The molecule has 35 heavy (non-hydrogen) atoms. The van der Waals surface area contributed by atoms with Crippen LogP contribution in [-0.2, 0) is 14.4 Å². The average Bonchev–Trinajstić information content (AvgIpc) is 3.41. The SMILES string of the molecule is CCCCCNC(=O)C1N(CCCCCO)C(=O)[C@@H]2[C@H](C(=O)Nc3ccccc3)[C@]3(C)CCC12S3. The monoisotopic (exact) mass is 501 g/mol. The Labute approximate surface area is 212 Å². The van der Waals surface area contributed by atoms with Crippen molar-refractivity contribution in [3.8, 4) is 0 Å². The molecule has 0 radical (unpaired) electrons. The fourth-order valence-corrected chi connectivity index (χ4v) is 8.72. The van der Waals surface area contributed by atoms with Crippen molar-refractivity contribution in [2.45, 2.75) is 80.7 Å². The fraction of sp³-hybridized carbons (Fsp3) is 0.667. The number of amides is 3. The van der Waals surface area contributed by atoms with E-state index in [1.165, 1.54) is 0 Å². The summed E-state index contributed by atoms with van der Waals surface area (Å²) >= 11 is 1.71. The highest BCUT2D eigenvalue weighted by Gasteiger charge is 2.76. The number of nitrogens with zero attached hydrogens (tertiary/aromatic N) is 1. The van der Waals surface area contributed by atoms with E-state index in [1.807, 2.05) is 30.3 Å². The normalized spacial score (nSPS) is 31.0. The van der Waals surface area contributed by atoms with Gasteiger partial charge >= 0.3 is 0 Å². The number of fused-ring (bicyclic) bond motifs is 1. The molecule has 2 bridgehead atoms. The molecule has 3 aliphatic heterocycles. The zero-order valence-corrected chi connectivity index (χ0v) is 21.7. The van der Waals surface area contributed by atoms with E-state index >= 15 is 0 Å². The minimum atomic E-state index is -0.573. The van der Waals surface area contributed by atoms with Gasteiger partial charge in [-0.3, -0.25) is 14.4 Å². The Bertz CT molecular complexity index is 928. The molecule has 3 amide bonds. The van der Waals surface area contributed by atoms with Gasteiger partial charge in [0, 0.05) is 30.1 Å². The summed E-state index contributed by atoms with van der Waals surface area (Å²) in [6.07, 6.45) is 6.84. The summed E-state index contributed by atoms with van der Waals surface area (Å²) in [5, 5.41) is 15.3. The molecule has 3 heterocycles. The molecule has 0 aliphatic carbocycles. The average molecular weight is 502 g/mol. The predicted molar refractivity (Wildman–Crippen MR) is 139 cm³/mol. The lowest BCUT2D eigenvalue weighted by molar-refractivity contribution is -0.139. The van der Waals surface area contributed by atoms with Crippen LogP contribution >= 0.6 is 11.8 Å². The number of rotatable bonds is 12. The summed E-state index contributed by atoms with van der Waals surface area (Å²) in [6.45, 7) is 5.43. The van der Waals surface area contributed by atoms with Crippen molar-refractivity contribution in [2.24, 2.45) is 11.8 Å². The van der Waals surface area contributed by atoms with E-state index in [2.05, 4.69) is 24.5 Å². The summed E-state index contributed by atoms with van der Waals surface area (Å²) in [5.74, 6) is -1.26. The number of para-hydroxylation sites is 1. The van der Waals surface area contributed by atoms with Gasteiger partial charge in [0.1, 0.15) is 6.04 Å². The van der Waals surface area contributed by atoms with Gasteiger partial charge in [-0.1, -0.05) is 38.0 Å². The van der Waals surface area contributed by atoms with E-state index in [1.54, 1.807) is 16.7 Å². The molecule has 3 aliphatic rings. The second kappa shape index (κ2) is 10.9. The van der Waals surface area contributed by atoms with Crippen LogP contribution in [0.5, 0.6) is 0 Å². The Balaban J connectivity index is 1.60. The largest absolute Gasteiger partial charge is 0.396 e. The molecule has 4 rings (SSSR count). The van der Waals surface area contributed by atoms with E-state index < -0.39 is 22.6 Å². The van der Waals surface area contributed by atoms with E-state index in [9.17, 15) is 14.4 Å². The van der Waals surface area contributed by atoms with Gasteiger partial charge < -0.3 is 20.6 Å². The molecule has 3 saturated heterocycles. The summed E-state index contributed by atoms with van der Waals surface area (Å²) in [6, 6.07) is 8.80. The third kappa shape index (κ3) is 4.84. The highest BCUT2D eigenvalue weighted by Crippen LogP contribution is 2.71. The van der Waals surface area contributed by atoms with Crippen LogP contribution in [-0.4, -0.2) is 63.0 Å². The maximum Gasteiger partial charge on any atom is 0.244 e. The molecular formula is C27H39N3O4S. The lowest BCUT2D eigenvalue weighted by Crippen LogP contribution is -2.54. The Morgan fingerprint density at radius 3 is 2.57 bits per heavy atom. The van der Waals surface area contributed by atoms with Gasteiger partial charge in [0.15, 0.2) is 0 Å². The number of carbonyl (C=O) groups excluding carboxylic acids is 3. The van der Waals surface area contributed by atoms with Gasteiger partial charge in [-0.2, -0.15) is 0 Å². The van der Waals surface area contributed by atoms with Crippen LogP contribution in [0.15, 0.2) is 30.3 Å². The molecule has 192 valence electrons. The molecule has 0 saturated carbocycles. The van der Waals surface area contributed by atoms with E-state index in [4.69, 9.17) is 5.11 Å². The number of aliphatic hydroxyl groups excluding tert-OH is 1. The van der Waals surface area contributed by atoms with Gasteiger partial charge in [0.25, 0.3) is 0 Å². The van der Waals surface area contributed by atoms with Crippen molar-refractivity contribution in [1.29, 1.82) is 0 Å². The number of thioether (sulfide) groups is 1. The Kier molecular flexibility index (Phi) is 8.11. The third-order valence-electron chi connectivity index (χ3n) is 7.99. The molecule has 8 heteroatoms. The van der Waals surface area contributed by atoms with Crippen LogP contribution in [0, 0.1) is 11.8 Å². The highest BCUT2D eigenvalue weighted by atomic mass is 32.2. The van der Waals surface area contributed by atoms with Gasteiger partial charge in [0.05, 0.1) is 16.6 Å². The highest BCUT2D eigenvalue weighted by molar-refractivity contribution is 8.02. The fourth-order valence-electron chi connectivity index (χ4n) is 6.36. The van der Waals surface area contributed by atoms with Crippen molar-refractivity contribution in [1.82, 2.24) is 10.2 Å². The van der Waals surface area contributed by atoms with Crippen LogP contribution < -0.4 is 10.6 Å². The Morgan fingerprint density at radius 2 is 1.86 bits per heavy atom. The minimum Gasteiger partial charge on any atom is -0.396 e. The minimum absolute atomic E-state index is 0.0631. The van der Waals surface area contributed by atoms with E-state index in [-0.39, 0.29) is 29.1 Å². The second-order valence-electron chi connectivity index (χ2n) is 10.4. The van der Waals surface area contributed by atoms with Crippen molar-refractivity contribution >= 4 is 35.2 Å². The number of likely N-dealkylation sites (tertiary alicyclic amines) is 1. The lowest BCUT2D eigenvalue weighted by Gasteiger charge is -2.34. The zero-order chi connectivity index (χ0) is 25.1. The quantitative estimate of drug-likeness (QED) is 0.380. The summed E-state index contributed by atoms with van der Waals surface area (Å²) < 4.78 is -0.945. The first-order valence-electron chi connectivity index (χ1n) is 13.1. The molecule has 3 N–H and O–H groups in total. The lowest BCUT2D eigenvalue weighted by atomic mass is 9.66. The molecule has 1 aromatic carbocycles. The summed E-state index contributed by atoms with van der Waals surface area (Å²) in [5.41, 5.74) is 0.722. The second-order valence-corrected chi connectivity index (χ2v) is 12.3. The predicted octanol–water partition coefficient (Wildman–Crippen LogP) is 3.58. The zero-order valence-electron chi connectivity index (χ0n) is 20.9. The maximum atomic E-state index is 13.9. The van der Waals surface area contributed by atoms with Crippen molar-refractivity contribution in [3.63, 3.8) is 0 Å². The van der Waals surface area contributed by atoms with Gasteiger partial charge in [-0.15, -0.1) is 11.8 Å². The number of aliphatic hydroxyl groups is 1. The van der Waals surface area contributed by atoms with Crippen LogP contribution in [0.2, 0.25) is 0 Å². The van der Waals surface area contributed by atoms with Crippen LogP contribution in [0.25, 0.3) is 0 Å². The van der Waals surface area contributed by atoms with Crippen LogP contribution in [0.4, 0.5) is 5.69 Å². The smallest absolute Gasteiger partial charge is 0.244 e. The molecule has 1 spiro atoms. The molecule has 2 unspecified atom stereocenters. The number of hydrogen-bond donors (Lipinski definition) is 3. The molecule has 1 aromatic rings. The van der Waals surface area contributed by atoms with Gasteiger partial charge in [-0.25, -0.2) is 0 Å².